The van der Waals surface area contributed by atoms with Crippen molar-refractivity contribution >= 4 is 27.7 Å². The number of likely N-dealkylation sites (tertiary alicyclic amines) is 1. The average Bonchev–Trinajstić information content (AvgIpc) is 3.64. The molecule has 1 N–H and O–H groups in total. The van der Waals surface area contributed by atoms with Crippen molar-refractivity contribution in [2.45, 2.75) is 46.1 Å². The van der Waals surface area contributed by atoms with Gasteiger partial charge in [0.2, 0.25) is 0 Å². The van der Waals surface area contributed by atoms with E-state index in [1.807, 2.05) is 54.5 Å². The number of rotatable bonds is 5. The van der Waals surface area contributed by atoms with E-state index in [9.17, 15) is 9.90 Å². The minimum absolute atomic E-state index is 0.0645. The fourth-order valence-corrected chi connectivity index (χ4v) is 5.83. The highest BCUT2D eigenvalue weighted by atomic mass is 16.5. The summed E-state index contributed by atoms with van der Waals surface area (Å²) in [4.78, 5) is 29.5. The topological polar surface area (TPSA) is 111 Å². The molecule has 0 unspecified atom stereocenters. The van der Waals surface area contributed by atoms with Gasteiger partial charge in [-0.15, -0.1) is 0 Å². The first-order valence-electron chi connectivity index (χ1n) is 13.5. The maximum atomic E-state index is 13.6. The molecule has 1 saturated heterocycles. The second kappa shape index (κ2) is 9.71. The van der Waals surface area contributed by atoms with Gasteiger partial charge in [-0.2, -0.15) is 5.10 Å². The minimum atomic E-state index is -0.471. The Balaban J connectivity index is 1.55. The van der Waals surface area contributed by atoms with E-state index in [-0.39, 0.29) is 11.8 Å². The van der Waals surface area contributed by atoms with E-state index in [1.165, 1.54) is 0 Å². The fraction of sp³-hybridized carbons (Fsp3) is 0.367. The monoisotopic (exact) mass is 539 g/mol. The first kappa shape index (κ1) is 25.9. The van der Waals surface area contributed by atoms with Crippen LogP contribution in [-0.2, 0) is 7.05 Å². The molecule has 1 fully saturated rings. The van der Waals surface area contributed by atoms with Gasteiger partial charge in [-0.05, 0) is 43.9 Å². The third kappa shape index (κ3) is 4.02. The molecule has 0 spiro atoms. The van der Waals surface area contributed by atoms with Gasteiger partial charge in [-0.3, -0.25) is 14.8 Å². The number of aryl methyl sites for hydroxylation is 3. The zero-order chi connectivity index (χ0) is 28.3. The zero-order valence-electron chi connectivity index (χ0n) is 23.6. The Morgan fingerprint density at radius 3 is 2.65 bits per heavy atom. The van der Waals surface area contributed by atoms with Crippen molar-refractivity contribution in [2.75, 3.05) is 20.2 Å². The van der Waals surface area contributed by atoms with Crippen LogP contribution in [0.4, 0.5) is 0 Å². The van der Waals surface area contributed by atoms with E-state index in [1.54, 1.807) is 24.4 Å². The fourth-order valence-electron chi connectivity index (χ4n) is 5.83. The molecule has 0 bridgehead atoms. The summed E-state index contributed by atoms with van der Waals surface area (Å²) in [5.74, 6) is 1.40. The van der Waals surface area contributed by atoms with Crippen LogP contribution in [0.5, 0.6) is 5.75 Å². The minimum Gasteiger partial charge on any atom is -0.496 e. The molecule has 0 aliphatic carbocycles. The molecule has 0 aromatic carbocycles. The number of ether oxygens (including phenoxy) is 1. The van der Waals surface area contributed by atoms with Gasteiger partial charge in [0.1, 0.15) is 11.4 Å². The van der Waals surface area contributed by atoms with Crippen LogP contribution in [-0.4, -0.2) is 71.5 Å². The van der Waals surface area contributed by atoms with Crippen molar-refractivity contribution in [3.05, 3.63) is 59.4 Å². The number of hydrogen-bond donors (Lipinski definition) is 1. The van der Waals surface area contributed by atoms with E-state index >= 15 is 0 Å². The summed E-state index contributed by atoms with van der Waals surface area (Å²) < 4.78 is 9.36. The van der Waals surface area contributed by atoms with Gasteiger partial charge in [0.15, 0.2) is 5.82 Å². The molecule has 1 aliphatic heterocycles. The number of amides is 1. The number of carbonyl (C=O) groups is 1. The van der Waals surface area contributed by atoms with Gasteiger partial charge in [0.25, 0.3) is 5.91 Å². The molecule has 6 rings (SSSR count). The lowest BCUT2D eigenvalue weighted by molar-refractivity contribution is 0.0755. The van der Waals surface area contributed by atoms with E-state index < -0.39 is 6.10 Å². The molecule has 5 aromatic rings. The summed E-state index contributed by atoms with van der Waals surface area (Å²) in [7, 11) is 3.55. The molecular formula is C30H33N7O3. The van der Waals surface area contributed by atoms with Gasteiger partial charge >= 0.3 is 0 Å². The molecule has 1 atom stereocenters. The van der Waals surface area contributed by atoms with Crippen molar-refractivity contribution in [3.8, 4) is 22.8 Å². The van der Waals surface area contributed by atoms with Gasteiger partial charge in [0.05, 0.1) is 47.4 Å². The summed E-state index contributed by atoms with van der Waals surface area (Å²) in [6, 6.07) is 5.80. The first-order chi connectivity index (χ1) is 19.2. The summed E-state index contributed by atoms with van der Waals surface area (Å²) in [5.41, 5.74) is 6.58. The third-order valence-corrected chi connectivity index (χ3v) is 7.89. The highest BCUT2D eigenvalue weighted by Crippen LogP contribution is 2.35. The predicted octanol–water partition coefficient (Wildman–Crippen LogP) is 4.32. The lowest BCUT2D eigenvalue weighted by Gasteiger charge is -2.16. The number of methoxy groups -OCH3 is 1. The number of fused-ring (bicyclic) bond motifs is 2. The zero-order valence-corrected chi connectivity index (χ0v) is 23.6. The molecule has 5 aromatic heterocycles. The Morgan fingerprint density at radius 2 is 1.95 bits per heavy atom. The number of nitrogens with zero attached hydrogens (tertiary/aromatic N) is 7. The summed E-state index contributed by atoms with van der Waals surface area (Å²) in [6.07, 6.45) is 5.38. The average molecular weight is 540 g/mol. The molecule has 0 radical (unpaired) electrons. The molecule has 10 nitrogen and oxygen atoms in total. The first-order valence-corrected chi connectivity index (χ1v) is 13.5. The summed E-state index contributed by atoms with van der Waals surface area (Å²) in [6.45, 7) is 9.08. The van der Waals surface area contributed by atoms with Crippen molar-refractivity contribution in [3.63, 3.8) is 0 Å². The molecule has 0 saturated carbocycles. The Morgan fingerprint density at radius 1 is 1.15 bits per heavy atom. The quantitative estimate of drug-likeness (QED) is 0.354. The summed E-state index contributed by atoms with van der Waals surface area (Å²) in [5, 5.41) is 16.7. The Bertz CT molecular complexity index is 1790. The highest BCUT2D eigenvalue weighted by Gasteiger charge is 2.30. The van der Waals surface area contributed by atoms with Crippen LogP contribution in [0.3, 0.4) is 0 Å². The maximum absolute atomic E-state index is 13.6. The van der Waals surface area contributed by atoms with Crippen LogP contribution in [0, 0.1) is 13.8 Å². The molecule has 40 heavy (non-hydrogen) atoms. The standard InChI is InChI=1S/C30H33N7O3/c1-16(2)28-27-17(3)29(30(39)36-10-8-19(38)15-36)35(5)24(27)12-26(34-28)37-23-11-22(33-18(4)20(23)14-32-37)21-13-31-9-7-25(21)40-6/h7,9,11-14,16,19,38H,8,10,15H2,1-6H3/t19-/m0/s1. The van der Waals surface area contributed by atoms with Crippen LogP contribution < -0.4 is 4.74 Å². The number of β-amino-alcohol motifs (C(OH)–C–C–N with tert-alkyl or cyclic N) is 1. The molecular weight excluding hydrogens is 506 g/mol. The Hall–Kier alpha value is -4.31. The number of aromatic nitrogens is 6. The number of aliphatic hydroxyl groups excluding tert-OH is 1. The van der Waals surface area contributed by atoms with Crippen LogP contribution >= 0.6 is 0 Å². The SMILES string of the molecule is COc1ccncc1-c1cc2c(cnn2-c2cc3c(c(C(C)C)n2)c(C)c(C(=O)N2CC[C@H](O)C2)n3C)c(C)n1. The van der Waals surface area contributed by atoms with Crippen LogP contribution in [0.2, 0.25) is 0 Å². The normalized spacial score (nSPS) is 15.6. The Labute approximate surface area is 232 Å². The number of carbonyl (C=O) groups excluding carboxylic acids is 1. The van der Waals surface area contributed by atoms with E-state index in [2.05, 4.69) is 18.8 Å². The largest absolute Gasteiger partial charge is 0.496 e. The maximum Gasteiger partial charge on any atom is 0.270 e. The number of pyridine rings is 3. The number of hydrogen-bond acceptors (Lipinski definition) is 7. The van der Waals surface area contributed by atoms with Gasteiger partial charge in [-0.25, -0.2) is 9.67 Å². The van der Waals surface area contributed by atoms with E-state index in [4.69, 9.17) is 19.8 Å². The van der Waals surface area contributed by atoms with Crippen LogP contribution in [0.1, 0.15) is 53.6 Å². The van der Waals surface area contributed by atoms with Crippen molar-refractivity contribution < 1.29 is 14.6 Å². The lowest BCUT2D eigenvalue weighted by atomic mass is 10.0. The van der Waals surface area contributed by atoms with Gasteiger partial charge in [0, 0.05) is 55.1 Å². The second-order valence-corrected chi connectivity index (χ2v) is 10.8. The van der Waals surface area contributed by atoms with Crippen molar-refractivity contribution in [2.24, 2.45) is 7.05 Å². The summed E-state index contributed by atoms with van der Waals surface area (Å²) >= 11 is 0. The molecule has 1 aliphatic rings. The molecule has 6 heterocycles. The van der Waals surface area contributed by atoms with E-state index in [0.29, 0.717) is 36.8 Å². The van der Waals surface area contributed by atoms with Crippen LogP contribution in [0.25, 0.3) is 38.9 Å². The van der Waals surface area contributed by atoms with E-state index in [0.717, 1.165) is 50.0 Å². The third-order valence-electron chi connectivity index (χ3n) is 7.89. The Kier molecular flexibility index (Phi) is 6.29. The smallest absolute Gasteiger partial charge is 0.270 e. The number of aliphatic hydroxyl groups is 1. The highest BCUT2D eigenvalue weighted by molar-refractivity contribution is 6.03. The predicted molar refractivity (Wildman–Crippen MR) is 153 cm³/mol. The van der Waals surface area contributed by atoms with Gasteiger partial charge in [-0.1, -0.05) is 13.8 Å². The van der Waals surface area contributed by atoms with Crippen molar-refractivity contribution in [1.29, 1.82) is 0 Å². The van der Waals surface area contributed by atoms with Crippen molar-refractivity contribution in [1.82, 2.24) is 34.2 Å². The lowest BCUT2D eigenvalue weighted by Crippen LogP contribution is -2.31. The molecule has 10 heteroatoms. The van der Waals surface area contributed by atoms with Gasteiger partial charge < -0.3 is 19.3 Å². The second-order valence-electron chi connectivity index (χ2n) is 10.8. The molecule has 206 valence electrons. The van der Waals surface area contributed by atoms with Crippen LogP contribution in [0.15, 0.2) is 36.8 Å². The molecule has 1 amide bonds.